The van der Waals surface area contributed by atoms with Crippen molar-refractivity contribution in [3.05, 3.63) is 24.3 Å². The summed E-state index contributed by atoms with van der Waals surface area (Å²) in [6.07, 6.45) is 0.960. The van der Waals surface area contributed by atoms with Crippen LogP contribution < -0.4 is 15.4 Å². The van der Waals surface area contributed by atoms with Gasteiger partial charge in [-0.05, 0) is 39.4 Å². The number of benzene rings is 1. The standard InChI is InChI=1S/C19H32N4O2/c1-5-13-25-17-8-6-7-16(14-17)21-18(24)20-9-10-23-12-11-22(4)19(2,3)15-23/h6-8,14H,5,9-13,15H2,1-4H3,(H2,20,21,24). The Kier molecular flexibility index (Phi) is 7.08. The molecule has 140 valence electrons. The van der Waals surface area contributed by atoms with Crippen LogP contribution in [0.5, 0.6) is 5.75 Å². The van der Waals surface area contributed by atoms with Gasteiger partial charge in [-0.3, -0.25) is 9.80 Å². The van der Waals surface area contributed by atoms with Gasteiger partial charge in [0.2, 0.25) is 0 Å². The molecule has 2 rings (SSSR count). The molecular formula is C19H32N4O2. The number of carbonyl (C=O) groups is 1. The molecular weight excluding hydrogens is 316 g/mol. The van der Waals surface area contributed by atoms with E-state index in [2.05, 4.69) is 48.3 Å². The predicted octanol–water partition coefficient (Wildman–Crippen LogP) is 2.62. The fourth-order valence-electron chi connectivity index (χ4n) is 2.92. The summed E-state index contributed by atoms with van der Waals surface area (Å²) in [5, 5.41) is 5.80. The molecule has 0 aliphatic carbocycles. The topological polar surface area (TPSA) is 56.8 Å². The molecule has 1 aromatic rings. The number of anilines is 1. The highest BCUT2D eigenvalue weighted by Gasteiger charge is 2.30. The third-order valence-corrected chi connectivity index (χ3v) is 4.67. The Morgan fingerprint density at radius 2 is 2.12 bits per heavy atom. The van der Waals surface area contributed by atoms with Gasteiger partial charge in [-0.2, -0.15) is 0 Å². The SMILES string of the molecule is CCCOc1cccc(NC(=O)NCCN2CCN(C)C(C)(C)C2)c1. The van der Waals surface area contributed by atoms with E-state index in [0.29, 0.717) is 13.2 Å². The van der Waals surface area contributed by atoms with Crippen LogP contribution in [0.3, 0.4) is 0 Å². The molecule has 0 aromatic heterocycles. The molecule has 2 N–H and O–H groups in total. The second kappa shape index (κ2) is 9.06. The number of hydrogen-bond acceptors (Lipinski definition) is 4. The van der Waals surface area contributed by atoms with Gasteiger partial charge in [0.15, 0.2) is 0 Å². The largest absolute Gasteiger partial charge is 0.494 e. The first kappa shape index (κ1) is 19.5. The van der Waals surface area contributed by atoms with Crippen LogP contribution in [0.25, 0.3) is 0 Å². The molecule has 6 heteroatoms. The Bertz CT molecular complexity index is 562. The number of nitrogens with one attached hydrogen (secondary N) is 2. The van der Waals surface area contributed by atoms with Crippen molar-refractivity contribution < 1.29 is 9.53 Å². The van der Waals surface area contributed by atoms with E-state index in [1.54, 1.807) is 0 Å². The van der Waals surface area contributed by atoms with Gasteiger partial charge < -0.3 is 15.4 Å². The Hall–Kier alpha value is -1.79. The van der Waals surface area contributed by atoms with Crippen molar-refractivity contribution in [2.24, 2.45) is 0 Å². The number of urea groups is 1. The van der Waals surface area contributed by atoms with Crippen molar-refractivity contribution in [3.8, 4) is 5.75 Å². The van der Waals surface area contributed by atoms with Gasteiger partial charge in [-0.25, -0.2) is 4.79 Å². The Morgan fingerprint density at radius 1 is 1.32 bits per heavy atom. The summed E-state index contributed by atoms with van der Waals surface area (Å²) >= 11 is 0. The molecule has 25 heavy (non-hydrogen) atoms. The van der Waals surface area contributed by atoms with Crippen molar-refractivity contribution in [1.29, 1.82) is 0 Å². The first-order valence-electron chi connectivity index (χ1n) is 9.12. The quantitative estimate of drug-likeness (QED) is 0.795. The van der Waals surface area contributed by atoms with Crippen LogP contribution in [0.2, 0.25) is 0 Å². The number of amides is 2. The van der Waals surface area contributed by atoms with Crippen LogP contribution in [0.4, 0.5) is 10.5 Å². The molecule has 0 unspecified atom stereocenters. The maximum atomic E-state index is 12.1. The zero-order valence-corrected chi connectivity index (χ0v) is 16.0. The lowest BCUT2D eigenvalue weighted by Crippen LogP contribution is -2.58. The second-order valence-electron chi connectivity index (χ2n) is 7.27. The number of carbonyl (C=O) groups excluding carboxylic acids is 1. The number of piperazine rings is 1. The van der Waals surface area contributed by atoms with Crippen molar-refractivity contribution in [2.75, 3.05) is 51.7 Å². The minimum atomic E-state index is -0.180. The zero-order chi connectivity index (χ0) is 18.3. The summed E-state index contributed by atoms with van der Waals surface area (Å²) in [6.45, 7) is 11.9. The average Bonchev–Trinajstić information content (AvgIpc) is 2.56. The van der Waals surface area contributed by atoms with E-state index in [9.17, 15) is 4.79 Å². The second-order valence-corrected chi connectivity index (χ2v) is 7.27. The number of rotatable bonds is 7. The van der Waals surface area contributed by atoms with Crippen molar-refractivity contribution in [3.63, 3.8) is 0 Å². The van der Waals surface area contributed by atoms with E-state index in [1.807, 2.05) is 24.3 Å². The monoisotopic (exact) mass is 348 g/mol. The lowest BCUT2D eigenvalue weighted by molar-refractivity contribution is 0.0411. The van der Waals surface area contributed by atoms with E-state index in [1.165, 1.54) is 0 Å². The Morgan fingerprint density at radius 3 is 2.84 bits per heavy atom. The van der Waals surface area contributed by atoms with Crippen LogP contribution >= 0.6 is 0 Å². The molecule has 1 aliphatic heterocycles. The van der Waals surface area contributed by atoms with E-state index < -0.39 is 0 Å². The summed E-state index contributed by atoms with van der Waals surface area (Å²) in [4.78, 5) is 16.9. The molecule has 1 fully saturated rings. The molecule has 0 spiro atoms. The van der Waals surface area contributed by atoms with Gasteiger partial charge >= 0.3 is 6.03 Å². The number of nitrogens with zero attached hydrogens (tertiary/aromatic N) is 2. The number of ether oxygens (including phenoxy) is 1. The molecule has 1 saturated heterocycles. The smallest absolute Gasteiger partial charge is 0.319 e. The van der Waals surface area contributed by atoms with Crippen molar-refractivity contribution in [2.45, 2.75) is 32.7 Å². The average molecular weight is 348 g/mol. The normalized spacial score (nSPS) is 17.9. The van der Waals surface area contributed by atoms with Gasteiger partial charge in [0.1, 0.15) is 5.75 Å². The zero-order valence-electron chi connectivity index (χ0n) is 16.0. The van der Waals surface area contributed by atoms with Gasteiger partial charge in [-0.1, -0.05) is 13.0 Å². The molecule has 1 aromatic carbocycles. The molecule has 0 bridgehead atoms. The highest BCUT2D eigenvalue weighted by Crippen LogP contribution is 2.18. The maximum absolute atomic E-state index is 12.1. The lowest BCUT2D eigenvalue weighted by Gasteiger charge is -2.45. The Balaban J connectivity index is 1.72. The van der Waals surface area contributed by atoms with E-state index in [0.717, 1.165) is 44.0 Å². The fraction of sp³-hybridized carbons (Fsp3) is 0.632. The molecule has 6 nitrogen and oxygen atoms in total. The van der Waals surface area contributed by atoms with Crippen LogP contribution in [0, 0.1) is 0 Å². The van der Waals surface area contributed by atoms with Gasteiger partial charge in [0, 0.05) is 50.0 Å². The molecule has 0 saturated carbocycles. The van der Waals surface area contributed by atoms with Gasteiger partial charge in [0.25, 0.3) is 0 Å². The molecule has 1 heterocycles. The summed E-state index contributed by atoms with van der Waals surface area (Å²) < 4.78 is 5.58. The van der Waals surface area contributed by atoms with E-state index in [4.69, 9.17) is 4.74 Å². The Labute approximate surface area is 151 Å². The van der Waals surface area contributed by atoms with E-state index >= 15 is 0 Å². The van der Waals surface area contributed by atoms with Crippen LogP contribution in [0.15, 0.2) is 24.3 Å². The van der Waals surface area contributed by atoms with Gasteiger partial charge in [0.05, 0.1) is 6.61 Å². The maximum Gasteiger partial charge on any atom is 0.319 e. The molecule has 2 amide bonds. The third-order valence-electron chi connectivity index (χ3n) is 4.67. The van der Waals surface area contributed by atoms with Crippen LogP contribution in [-0.4, -0.2) is 67.7 Å². The van der Waals surface area contributed by atoms with Crippen LogP contribution in [-0.2, 0) is 0 Å². The summed E-state index contributed by atoms with van der Waals surface area (Å²) in [5.41, 5.74) is 0.922. The van der Waals surface area contributed by atoms with Crippen LogP contribution in [0.1, 0.15) is 27.2 Å². The highest BCUT2D eigenvalue weighted by atomic mass is 16.5. The first-order valence-corrected chi connectivity index (χ1v) is 9.12. The fourth-order valence-corrected chi connectivity index (χ4v) is 2.92. The predicted molar refractivity (Wildman–Crippen MR) is 102 cm³/mol. The summed E-state index contributed by atoms with van der Waals surface area (Å²) in [6, 6.07) is 7.31. The van der Waals surface area contributed by atoms with Crippen molar-refractivity contribution in [1.82, 2.24) is 15.1 Å². The summed E-state index contributed by atoms with van der Waals surface area (Å²) in [7, 11) is 2.17. The minimum absolute atomic E-state index is 0.180. The number of hydrogen-bond donors (Lipinski definition) is 2. The lowest BCUT2D eigenvalue weighted by atomic mass is 10.00. The van der Waals surface area contributed by atoms with E-state index in [-0.39, 0.29) is 11.6 Å². The highest BCUT2D eigenvalue weighted by molar-refractivity contribution is 5.89. The minimum Gasteiger partial charge on any atom is -0.494 e. The first-order chi connectivity index (χ1) is 11.9. The molecule has 1 aliphatic rings. The van der Waals surface area contributed by atoms with Gasteiger partial charge in [-0.15, -0.1) is 0 Å². The molecule has 0 radical (unpaired) electrons. The summed E-state index contributed by atoms with van der Waals surface area (Å²) in [5.74, 6) is 0.777. The third kappa shape index (κ3) is 6.21. The molecule has 0 atom stereocenters. The number of likely N-dealkylation sites (N-methyl/N-ethyl adjacent to an activating group) is 1. The van der Waals surface area contributed by atoms with Crippen molar-refractivity contribution >= 4 is 11.7 Å².